The summed E-state index contributed by atoms with van der Waals surface area (Å²) in [5.74, 6) is 0. The molecule has 2 aliphatic heterocycles. The number of aliphatic imine (C=N–C) groups is 3. The molecule has 0 saturated carbocycles. The van der Waals surface area contributed by atoms with Gasteiger partial charge in [-0.25, -0.2) is 9.98 Å². The van der Waals surface area contributed by atoms with Gasteiger partial charge < -0.3 is 5.73 Å². The van der Waals surface area contributed by atoms with Crippen LogP contribution in [0.5, 0.6) is 0 Å². The summed E-state index contributed by atoms with van der Waals surface area (Å²) in [4.78, 5) is 12.3. The van der Waals surface area contributed by atoms with E-state index in [9.17, 15) is 0 Å². The van der Waals surface area contributed by atoms with E-state index in [0.717, 1.165) is 11.4 Å². The number of hydrogen-bond acceptors (Lipinski definition) is 4. The quantitative estimate of drug-likeness (QED) is 0.520. The van der Waals surface area contributed by atoms with Crippen molar-refractivity contribution in [2.45, 2.75) is 13.1 Å². The minimum absolute atomic E-state index is 0.123. The maximum Gasteiger partial charge on any atom is 0.184 e. The van der Waals surface area contributed by atoms with Gasteiger partial charge in [0.1, 0.15) is 6.34 Å². The largest absolute Gasteiger partial charge is 0.397 e. The summed E-state index contributed by atoms with van der Waals surface area (Å²) in [7, 11) is 0. The van der Waals surface area contributed by atoms with Crippen molar-refractivity contribution >= 4 is 17.8 Å². The van der Waals surface area contributed by atoms with Gasteiger partial charge in [0.05, 0.1) is 17.1 Å². The molecule has 11 heavy (non-hydrogen) atoms. The van der Waals surface area contributed by atoms with E-state index in [1.807, 2.05) is 13.0 Å². The molecule has 0 fully saturated rings. The van der Waals surface area contributed by atoms with Gasteiger partial charge in [-0.05, 0) is 13.0 Å². The SMILES string of the molecule is CC1=N[C@@H]2N=CN=C2C=C1N. The van der Waals surface area contributed by atoms with Crippen LogP contribution in [0.25, 0.3) is 0 Å². The number of allylic oxidation sites excluding steroid dienone is 1. The van der Waals surface area contributed by atoms with Gasteiger partial charge in [-0.3, -0.25) is 4.99 Å². The van der Waals surface area contributed by atoms with Crippen molar-refractivity contribution in [1.29, 1.82) is 0 Å². The molecule has 1 atom stereocenters. The van der Waals surface area contributed by atoms with E-state index in [2.05, 4.69) is 15.0 Å². The highest BCUT2D eigenvalue weighted by Crippen LogP contribution is 2.12. The van der Waals surface area contributed by atoms with E-state index in [1.165, 1.54) is 6.34 Å². The molecular formula is C7H8N4. The number of nitrogens with two attached hydrogens (primary N) is 1. The highest BCUT2D eigenvalue weighted by molar-refractivity contribution is 6.15. The van der Waals surface area contributed by atoms with Gasteiger partial charge in [-0.15, -0.1) is 0 Å². The summed E-state index contributed by atoms with van der Waals surface area (Å²) in [6.45, 7) is 1.87. The Balaban J connectivity index is 2.43. The van der Waals surface area contributed by atoms with E-state index in [1.54, 1.807) is 0 Å². The van der Waals surface area contributed by atoms with Crippen LogP contribution in [0.4, 0.5) is 0 Å². The van der Waals surface area contributed by atoms with Gasteiger partial charge in [0.15, 0.2) is 6.17 Å². The molecule has 2 heterocycles. The topological polar surface area (TPSA) is 63.1 Å². The Hall–Kier alpha value is -1.45. The number of rotatable bonds is 0. The second-order valence-electron chi connectivity index (χ2n) is 2.51. The van der Waals surface area contributed by atoms with Crippen molar-refractivity contribution in [3.63, 3.8) is 0 Å². The molecule has 0 bridgehead atoms. The molecular weight excluding hydrogens is 140 g/mol. The van der Waals surface area contributed by atoms with Crippen molar-refractivity contribution in [2.24, 2.45) is 20.7 Å². The van der Waals surface area contributed by atoms with Crippen LogP contribution < -0.4 is 5.73 Å². The van der Waals surface area contributed by atoms with Gasteiger partial charge in [-0.1, -0.05) is 0 Å². The van der Waals surface area contributed by atoms with E-state index in [0.29, 0.717) is 5.70 Å². The van der Waals surface area contributed by atoms with Crippen molar-refractivity contribution in [3.05, 3.63) is 11.8 Å². The van der Waals surface area contributed by atoms with Crippen LogP contribution >= 0.6 is 0 Å². The number of dihydropyridines is 1. The third-order valence-electron chi connectivity index (χ3n) is 1.72. The molecule has 0 radical (unpaired) electrons. The van der Waals surface area contributed by atoms with Crippen molar-refractivity contribution < 1.29 is 0 Å². The lowest BCUT2D eigenvalue weighted by molar-refractivity contribution is 0.939. The van der Waals surface area contributed by atoms with Crippen molar-refractivity contribution in [3.8, 4) is 0 Å². The molecule has 0 saturated heterocycles. The van der Waals surface area contributed by atoms with Gasteiger partial charge >= 0.3 is 0 Å². The van der Waals surface area contributed by atoms with Gasteiger partial charge in [0.2, 0.25) is 0 Å². The average Bonchev–Trinajstić information content (AvgIpc) is 2.36. The second-order valence-corrected chi connectivity index (χ2v) is 2.51. The number of fused-ring (bicyclic) bond motifs is 1. The number of hydrogen-bond donors (Lipinski definition) is 1. The zero-order valence-corrected chi connectivity index (χ0v) is 6.15. The molecule has 0 aromatic rings. The van der Waals surface area contributed by atoms with Crippen molar-refractivity contribution in [1.82, 2.24) is 0 Å². The molecule has 4 heteroatoms. The second kappa shape index (κ2) is 2.02. The minimum atomic E-state index is -0.123. The first-order valence-corrected chi connectivity index (χ1v) is 3.38. The Labute approximate surface area is 64.3 Å². The lowest BCUT2D eigenvalue weighted by atomic mass is 10.1. The molecule has 0 aromatic carbocycles. The predicted molar refractivity (Wildman–Crippen MR) is 45.1 cm³/mol. The fourth-order valence-electron chi connectivity index (χ4n) is 1.04. The zero-order valence-electron chi connectivity index (χ0n) is 6.15. The molecule has 0 aliphatic carbocycles. The van der Waals surface area contributed by atoms with Gasteiger partial charge in [0, 0.05) is 0 Å². The first kappa shape index (κ1) is 6.27. The predicted octanol–water partition coefficient (Wildman–Crippen LogP) is 0.113. The molecule has 0 spiro atoms. The average molecular weight is 148 g/mol. The maximum atomic E-state index is 5.63. The Bertz CT molecular complexity index is 308. The summed E-state index contributed by atoms with van der Waals surface area (Å²) in [5, 5.41) is 0. The maximum absolute atomic E-state index is 5.63. The Morgan fingerprint density at radius 3 is 3.18 bits per heavy atom. The summed E-state index contributed by atoms with van der Waals surface area (Å²) in [6, 6.07) is 0. The van der Waals surface area contributed by atoms with E-state index >= 15 is 0 Å². The monoisotopic (exact) mass is 148 g/mol. The molecule has 56 valence electrons. The smallest absolute Gasteiger partial charge is 0.184 e. The Morgan fingerprint density at radius 2 is 2.36 bits per heavy atom. The summed E-state index contributed by atoms with van der Waals surface area (Å²) >= 11 is 0. The van der Waals surface area contributed by atoms with Gasteiger partial charge in [-0.2, -0.15) is 0 Å². The molecule has 2 rings (SSSR count). The normalized spacial score (nSPS) is 27.4. The fraction of sp³-hybridized carbons (Fsp3) is 0.286. The summed E-state index contributed by atoms with van der Waals surface area (Å²) in [6.07, 6.45) is 3.22. The Morgan fingerprint density at radius 1 is 1.55 bits per heavy atom. The summed E-state index contributed by atoms with van der Waals surface area (Å²) in [5.41, 5.74) is 8.00. The van der Waals surface area contributed by atoms with Crippen LogP contribution in [0, 0.1) is 0 Å². The first-order valence-electron chi connectivity index (χ1n) is 3.38. The van der Waals surface area contributed by atoms with Crippen LogP contribution in [0.3, 0.4) is 0 Å². The fourth-order valence-corrected chi connectivity index (χ4v) is 1.04. The molecule has 2 N–H and O–H groups in total. The molecule has 0 unspecified atom stereocenters. The van der Waals surface area contributed by atoms with E-state index in [4.69, 9.17) is 5.73 Å². The zero-order chi connectivity index (χ0) is 7.84. The minimum Gasteiger partial charge on any atom is -0.397 e. The van der Waals surface area contributed by atoms with E-state index in [-0.39, 0.29) is 6.17 Å². The van der Waals surface area contributed by atoms with Crippen LogP contribution in [-0.4, -0.2) is 23.9 Å². The molecule has 0 aromatic heterocycles. The third-order valence-corrected chi connectivity index (χ3v) is 1.72. The lowest BCUT2D eigenvalue weighted by Crippen LogP contribution is -2.23. The summed E-state index contributed by atoms with van der Waals surface area (Å²) < 4.78 is 0. The highest BCUT2D eigenvalue weighted by Gasteiger charge is 2.19. The standard InChI is InChI=1S/C7H8N4/c1-4-5(8)2-6-7(11-4)10-3-9-6/h2-3,7H,8H2,1H3/t7-/m0/s1. The van der Waals surface area contributed by atoms with E-state index < -0.39 is 0 Å². The van der Waals surface area contributed by atoms with Crippen LogP contribution in [-0.2, 0) is 0 Å². The van der Waals surface area contributed by atoms with Gasteiger partial charge in [0.25, 0.3) is 0 Å². The van der Waals surface area contributed by atoms with Crippen LogP contribution in [0.1, 0.15) is 6.92 Å². The molecule has 0 amide bonds. The van der Waals surface area contributed by atoms with Crippen molar-refractivity contribution in [2.75, 3.05) is 0 Å². The third kappa shape index (κ3) is 0.869. The molecule has 2 aliphatic rings. The van der Waals surface area contributed by atoms with Crippen LogP contribution in [0.2, 0.25) is 0 Å². The number of nitrogens with zero attached hydrogens (tertiary/aromatic N) is 3. The lowest BCUT2D eigenvalue weighted by Gasteiger charge is -2.11. The molecule has 4 nitrogen and oxygen atoms in total. The van der Waals surface area contributed by atoms with Crippen LogP contribution in [0.15, 0.2) is 26.8 Å². The Kier molecular flexibility index (Phi) is 1.15. The highest BCUT2D eigenvalue weighted by atomic mass is 15.1. The first-order chi connectivity index (χ1) is 5.27.